The highest BCUT2D eigenvalue weighted by Crippen LogP contribution is 2.61. The molecular weight excluding hydrogens is 496 g/mol. The van der Waals surface area contributed by atoms with Crippen LogP contribution in [0.4, 0.5) is 11.4 Å². The Morgan fingerprint density at radius 1 is 0.711 bits per heavy atom. The number of amides is 3. The highest BCUT2D eigenvalue weighted by Gasteiger charge is 2.61. The van der Waals surface area contributed by atoms with Gasteiger partial charge in [-0.3, -0.25) is 14.4 Å². The summed E-state index contributed by atoms with van der Waals surface area (Å²) in [5.41, 5.74) is 6.29. The van der Waals surface area contributed by atoms with Gasteiger partial charge in [0.15, 0.2) is 0 Å². The van der Waals surface area contributed by atoms with Gasteiger partial charge in [0.25, 0.3) is 0 Å². The molecule has 0 aromatic heterocycles. The second kappa shape index (κ2) is 8.67. The molecule has 2 bridgehead atoms. The minimum atomic E-state index is -0.457. The van der Waals surface area contributed by atoms with Crippen LogP contribution in [0.5, 0.6) is 0 Å². The number of benzene rings is 4. The third-order valence-electron chi connectivity index (χ3n) is 8.14. The number of nitrogens with one attached hydrogen (secondary N) is 1. The molecule has 6 heteroatoms. The monoisotopic (exact) mass is 518 g/mol. The molecule has 186 valence electrons. The summed E-state index contributed by atoms with van der Waals surface area (Å²) in [6.07, 6.45) is 0.218. The zero-order valence-corrected chi connectivity index (χ0v) is 21.1. The standard InChI is InChI=1S/C32H23ClN2O3/c33-24-17-19(14-15-25(24)34-26(36)16-18-8-2-1-3-9-18)35-31(37)29-27-20-10-4-5-11-21(20)28(30(29)32(35)38)23-13-7-6-12-22(23)27/h1-15,17,27-30H,16H2,(H,34,36)/t27?,28?,29-,30-/m0/s1. The number of nitrogens with zero attached hydrogens (tertiary/aromatic N) is 1. The molecule has 4 aromatic carbocycles. The fourth-order valence-electron chi connectivity index (χ4n) is 6.65. The molecule has 4 aliphatic rings. The molecule has 1 N–H and O–H groups in total. The molecule has 2 atom stereocenters. The van der Waals surface area contributed by atoms with Gasteiger partial charge in [0.1, 0.15) is 0 Å². The molecule has 1 heterocycles. The molecule has 1 fully saturated rings. The number of hydrogen-bond acceptors (Lipinski definition) is 3. The van der Waals surface area contributed by atoms with E-state index in [0.717, 1.165) is 27.8 Å². The Morgan fingerprint density at radius 3 is 1.71 bits per heavy atom. The van der Waals surface area contributed by atoms with Crippen LogP contribution in [0, 0.1) is 11.8 Å². The summed E-state index contributed by atoms with van der Waals surface area (Å²) in [6, 6.07) is 30.7. The Bertz CT molecular complexity index is 1520. The number of carbonyl (C=O) groups excluding carboxylic acids is 3. The minimum absolute atomic E-state index is 0.161. The minimum Gasteiger partial charge on any atom is -0.324 e. The highest BCUT2D eigenvalue weighted by molar-refractivity contribution is 6.34. The van der Waals surface area contributed by atoms with Gasteiger partial charge < -0.3 is 5.32 Å². The molecule has 1 aliphatic heterocycles. The Hall–Kier alpha value is -4.22. The first-order valence-corrected chi connectivity index (χ1v) is 13.1. The normalized spacial score (nSPS) is 22.6. The maximum Gasteiger partial charge on any atom is 0.238 e. The number of anilines is 2. The van der Waals surface area contributed by atoms with Crippen molar-refractivity contribution in [3.05, 3.63) is 130 Å². The number of carbonyl (C=O) groups is 3. The first kappa shape index (κ1) is 22.9. The van der Waals surface area contributed by atoms with Crippen molar-refractivity contribution < 1.29 is 14.4 Å². The Balaban J connectivity index is 1.21. The Kier molecular flexibility index (Phi) is 5.24. The average molecular weight is 519 g/mol. The van der Waals surface area contributed by atoms with Crippen LogP contribution in [0.2, 0.25) is 5.02 Å². The van der Waals surface area contributed by atoms with E-state index in [1.165, 1.54) is 4.90 Å². The summed E-state index contributed by atoms with van der Waals surface area (Å²) in [7, 11) is 0. The third kappa shape index (κ3) is 3.35. The summed E-state index contributed by atoms with van der Waals surface area (Å²) in [5.74, 6) is -1.83. The second-order valence-electron chi connectivity index (χ2n) is 10.2. The van der Waals surface area contributed by atoms with E-state index in [2.05, 4.69) is 29.6 Å². The summed E-state index contributed by atoms with van der Waals surface area (Å²) < 4.78 is 0. The van der Waals surface area contributed by atoms with Crippen molar-refractivity contribution in [1.29, 1.82) is 0 Å². The number of hydrogen-bond donors (Lipinski definition) is 1. The van der Waals surface area contributed by atoms with Crippen LogP contribution in [0.15, 0.2) is 97.1 Å². The third-order valence-corrected chi connectivity index (χ3v) is 8.45. The van der Waals surface area contributed by atoms with E-state index < -0.39 is 11.8 Å². The molecule has 0 unspecified atom stereocenters. The van der Waals surface area contributed by atoms with Crippen LogP contribution >= 0.6 is 11.6 Å². The number of halogens is 1. The second-order valence-corrected chi connectivity index (χ2v) is 10.6. The molecule has 3 amide bonds. The maximum absolute atomic E-state index is 13.9. The highest BCUT2D eigenvalue weighted by atomic mass is 35.5. The van der Waals surface area contributed by atoms with Crippen LogP contribution in [0.3, 0.4) is 0 Å². The fraction of sp³-hybridized carbons (Fsp3) is 0.156. The summed E-state index contributed by atoms with van der Waals surface area (Å²) >= 11 is 6.55. The van der Waals surface area contributed by atoms with Crippen LogP contribution < -0.4 is 10.2 Å². The molecule has 38 heavy (non-hydrogen) atoms. The Labute approximate surface area is 225 Å². The van der Waals surface area contributed by atoms with Crippen LogP contribution in [-0.4, -0.2) is 17.7 Å². The molecule has 0 saturated carbocycles. The smallest absolute Gasteiger partial charge is 0.238 e. The molecule has 0 spiro atoms. The lowest BCUT2D eigenvalue weighted by Crippen LogP contribution is -2.41. The molecule has 4 aromatic rings. The van der Waals surface area contributed by atoms with Crippen LogP contribution in [0.1, 0.15) is 39.7 Å². The predicted octanol–water partition coefficient (Wildman–Crippen LogP) is 5.92. The van der Waals surface area contributed by atoms with Gasteiger partial charge in [-0.15, -0.1) is 0 Å². The zero-order chi connectivity index (χ0) is 26.0. The predicted molar refractivity (Wildman–Crippen MR) is 146 cm³/mol. The van der Waals surface area contributed by atoms with Crippen molar-refractivity contribution >= 4 is 40.7 Å². The summed E-state index contributed by atoms with van der Waals surface area (Å²) in [5, 5.41) is 3.11. The van der Waals surface area contributed by atoms with Gasteiger partial charge in [0.05, 0.1) is 34.7 Å². The lowest BCUT2D eigenvalue weighted by Gasteiger charge is -2.45. The average Bonchev–Trinajstić information content (AvgIpc) is 3.20. The summed E-state index contributed by atoms with van der Waals surface area (Å²) in [4.78, 5) is 41.7. The quantitative estimate of drug-likeness (QED) is 0.341. The maximum atomic E-state index is 13.9. The van der Waals surface area contributed by atoms with Crippen LogP contribution in [-0.2, 0) is 20.8 Å². The van der Waals surface area contributed by atoms with E-state index in [1.54, 1.807) is 18.2 Å². The van der Waals surface area contributed by atoms with Gasteiger partial charge in [0, 0.05) is 11.8 Å². The van der Waals surface area contributed by atoms with Gasteiger partial charge in [-0.05, 0) is 46.0 Å². The fourth-order valence-corrected chi connectivity index (χ4v) is 6.87. The lowest BCUT2D eigenvalue weighted by atomic mass is 9.55. The van der Waals surface area contributed by atoms with E-state index in [-0.39, 0.29) is 41.0 Å². The van der Waals surface area contributed by atoms with Gasteiger partial charge >= 0.3 is 0 Å². The van der Waals surface area contributed by atoms with Crippen molar-refractivity contribution in [3.63, 3.8) is 0 Å². The molecule has 0 radical (unpaired) electrons. The van der Waals surface area contributed by atoms with Gasteiger partial charge in [-0.25, -0.2) is 4.90 Å². The molecule has 5 nitrogen and oxygen atoms in total. The number of imide groups is 1. The first-order chi connectivity index (χ1) is 18.5. The van der Waals surface area contributed by atoms with E-state index in [1.807, 2.05) is 54.6 Å². The summed E-state index contributed by atoms with van der Waals surface area (Å²) in [6.45, 7) is 0. The first-order valence-electron chi connectivity index (χ1n) is 12.7. The topological polar surface area (TPSA) is 66.5 Å². The zero-order valence-electron chi connectivity index (χ0n) is 20.3. The number of rotatable bonds is 4. The van der Waals surface area contributed by atoms with Crippen molar-refractivity contribution in [1.82, 2.24) is 0 Å². The van der Waals surface area contributed by atoms with E-state index in [9.17, 15) is 14.4 Å². The molecule has 3 aliphatic carbocycles. The van der Waals surface area contributed by atoms with Gasteiger partial charge in [-0.2, -0.15) is 0 Å². The SMILES string of the molecule is O=C(Cc1ccccc1)Nc1ccc(N2C(=O)[C@H]3C4c5ccccc5C(c5ccccc54)[C@@H]3C2=O)cc1Cl. The van der Waals surface area contributed by atoms with E-state index in [0.29, 0.717) is 11.4 Å². The molecule has 8 rings (SSSR count). The lowest BCUT2D eigenvalue weighted by molar-refractivity contribution is -0.122. The van der Waals surface area contributed by atoms with Crippen molar-refractivity contribution in [2.45, 2.75) is 18.3 Å². The largest absolute Gasteiger partial charge is 0.324 e. The van der Waals surface area contributed by atoms with Crippen molar-refractivity contribution in [2.75, 3.05) is 10.2 Å². The van der Waals surface area contributed by atoms with Gasteiger partial charge in [-0.1, -0.05) is 90.5 Å². The molecular formula is C32H23ClN2O3. The van der Waals surface area contributed by atoms with E-state index in [4.69, 9.17) is 11.6 Å². The van der Waals surface area contributed by atoms with Crippen molar-refractivity contribution in [3.8, 4) is 0 Å². The van der Waals surface area contributed by atoms with Crippen LogP contribution in [0.25, 0.3) is 0 Å². The van der Waals surface area contributed by atoms with E-state index >= 15 is 0 Å². The van der Waals surface area contributed by atoms with Gasteiger partial charge in [0.2, 0.25) is 17.7 Å². The van der Waals surface area contributed by atoms with Crippen molar-refractivity contribution in [2.24, 2.45) is 11.8 Å². The Morgan fingerprint density at radius 2 is 1.21 bits per heavy atom. The molecule has 1 saturated heterocycles.